The molecule has 0 amide bonds. The number of ether oxygens (including phenoxy) is 4. The molecule has 0 spiro atoms. The van der Waals surface area contributed by atoms with Crippen LogP contribution in [-0.2, 0) is 23.7 Å². The summed E-state index contributed by atoms with van der Waals surface area (Å²) in [4.78, 5) is 36.2. The number of Topliss-reactive ketones (excluding diaryl/α,β-unsaturated/α-hetero) is 2. The van der Waals surface area contributed by atoms with Gasteiger partial charge in [-0.05, 0) is 92.7 Å². The molecule has 58 heavy (non-hydrogen) atoms. The summed E-state index contributed by atoms with van der Waals surface area (Å²) in [6.07, 6.45) is -1.88. The third-order valence-electron chi connectivity index (χ3n) is 12.2. The summed E-state index contributed by atoms with van der Waals surface area (Å²) >= 11 is 0. The molecule has 8 unspecified atom stereocenters. The number of phenols is 1. The van der Waals surface area contributed by atoms with Gasteiger partial charge in [0.25, 0.3) is 0 Å². The van der Waals surface area contributed by atoms with Gasteiger partial charge in [0, 0.05) is 40.6 Å². The number of H-pyrrole nitrogens is 1. The molecule has 2 aliphatic heterocycles. The Labute approximate surface area is 337 Å². The van der Waals surface area contributed by atoms with E-state index >= 15 is 0 Å². The number of aromatic amines is 1. The first-order valence-corrected chi connectivity index (χ1v) is 20.0. The number of aromatic nitrogens is 2. The van der Waals surface area contributed by atoms with Crippen LogP contribution in [0.4, 0.5) is 4.39 Å². The molecular weight excluding hydrogens is 744 g/mol. The van der Waals surface area contributed by atoms with Crippen LogP contribution in [0.3, 0.4) is 0 Å². The minimum Gasteiger partial charge on any atom is -0.508 e. The molecule has 11 nitrogen and oxygen atoms in total. The molecule has 0 radical (unpaired) electrons. The number of halogens is 1. The zero-order valence-electron chi connectivity index (χ0n) is 33.9. The van der Waals surface area contributed by atoms with Crippen molar-refractivity contribution in [3.8, 4) is 29.4 Å². The summed E-state index contributed by atoms with van der Waals surface area (Å²) < 4.78 is 41.1. The number of allylic oxidation sites excluding steroid dienone is 4. The Balaban J connectivity index is 1.30. The Morgan fingerprint density at radius 3 is 2.71 bits per heavy atom. The number of aliphatic hydroxyl groups excluding tert-OH is 1. The number of benzene rings is 1. The SMILES string of the molecule is CC/C=C1\C2=C(C)C(=O)C[C@@]1(O)C#C/C=C(/F)C#C[C@@H]2OC1OC(C)C(C)(C(=O)c2nccc3c2[nH]c2ccc(O)cc23)C(O)C1OC1CC(C)C(CC(C)C)CO1. The second-order valence-corrected chi connectivity index (χ2v) is 16.7. The topological polar surface area (TPSA) is 160 Å². The van der Waals surface area contributed by atoms with Gasteiger partial charge in [0.05, 0.1) is 30.1 Å². The molecule has 2 saturated heterocycles. The number of carbonyl (C=O) groups excluding carboxylic acids is 2. The van der Waals surface area contributed by atoms with Crippen LogP contribution in [-0.4, -0.2) is 86.1 Å². The van der Waals surface area contributed by atoms with Crippen LogP contribution in [0, 0.1) is 46.9 Å². The third-order valence-corrected chi connectivity index (χ3v) is 12.2. The number of nitrogens with zero attached hydrogens (tertiary/aromatic N) is 1. The van der Waals surface area contributed by atoms with E-state index in [9.17, 15) is 29.3 Å². The average Bonchev–Trinajstić information content (AvgIpc) is 3.54. The number of phenolic OH excluding ortho intramolecular Hbond substituents is 1. The maximum atomic E-state index is 15.0. The summed E-state index contributed by atoms with van der Waals surface area (Å²) in [7, 11) is 0. The quantitative estimate of drug-likeness (QED) is 0.135. The third kappa shape index (κ3) is 7.54. The highest BCUT2D eigenvalue weighted by Gasteiger charge is 2.59. The zero-order chi connectivity index (χ0) is 41.7. The molecule has 7 rings (SSSR count). The number of hydrogen-bond donors (Lipinski definition) is 4. The molecule has 2 aromatic heterocycles. The number of fused-ring (bicyclic) bond motifs is 5. The van der Waals surface area contributed by atoms with Gasteiger partial charge in [0.15, 0.2) is 35.6 Å². The molecule has 306 valence electrons. The monoisotopic (exact) mass is 794 g/mol. The molecule has 10 atom stereocenters. The Morgan fingerprint density at radius 2 is 1.98 bits per heavy atom. The maximum Gasteiger partial charge on any atom is 0.194 e. The van der Waals surface area contributed by atoms with Crippen LogP contribution in [0.5, 0.6) is 5.75 Å². The summed E-state index contributed by atoms with van der Waals surface area (Å²) in [6.45, 7) is 13.6. The van der Waals surface area contributed by atoms with E-state index in [2.05, 4.69) is 54.4 Å². The lowest BCUT2D eigenvalue weighted by Crippen LogP contribution is -2.65. The highest BCUT2D eigenvalue weighted by Crippen LogP contribution is 2.46. The first kappa shape index (κ1) is 41.5. The molecule has 2 bridgehead atoms. The number of aromatic hydroxyl groups is 1. The molecule has 3 aromatic rings. The fourth-order valence-corrected chi connectivity index (χ4v) is 8.76. The number of rotatable bonds is 9. The van der Waals surface area contributed by atoms with Gasteiger partial charge in [0.1, 0.15) is 29.8 Å². The molecule has 4 aliphatic rings. The van der Waals surface area contributed by atoms with Gasteiger partial charge in [-0.2, -0.15) is 4.39 Å². The number of ketones is 2. The lowest BCUT2D eigenvalue weighted by molar-refractivity contribution is -0.339. The lowest BCUT2D eigenvalue weighted by atomic mass is 9.70. The van der Waals surface area contributed by atoms with Crippen molar-refractivity contribution in [1.29, 1.82) is 0 Å². The average molecular weight is 795 g/mol. The molecule has 12 heteroatoms. The van der Waals surface area contributed by atoms with Crippen molar-refractivity contribution in [2.24, 2.45) is 23.2 Å². The smallest absolute Gasteiger partial charge is 0.194 e. The van der Waals surface area contributed by atoms with E-state index in [1.165, 1.54) is 6.20 Å². The molecule has 2 aliphatic carbocycles. The van der Waals surface area contributed by atoms with Crippen molar-refractivity contribution >= 4 is 33.4 Å². The largest absolute Gasteiger partial charge is 0.508 e. The van der Waals surface area contributed by atoms with E-state index in [0.717, 1.165) is 12.5 Å². The molecule has 1 aromatic carbocycles. The highest BCUT2D eigenvalue weighted by atomic mass is 19.1. The van der Waals surface area contributed by atoms with E-state index in [0.29, 0.717) is 58.7 Å². The molecule has 2 fully saturated rings. The van der Waals surface area contributed by atoms with E-state index in [1.807, 2.05) is 6.92 Å². The zero-order valence-corrected chi connectivity index (χ0v) is 33.9. The first-order valence-electron chi connectivity index (χ1n) is 20.0. The second kappa shape index (κ2) is 16.2. The van der Waals surface area contributed by atoms with Crippen molar-refractivity contribution in [2.45, 2.75) is 117 Å². The number of carbonyl (C=O) groups is 2. The van der Waals surface area contributed by atoms with Gasteiger partial charge in [0.2, 0.25) is 0 Å². The van der Waals surface area contributed by atoms with Gasteiger partial charge >= 0.3 is 0 Å². The molecule has 0 saturated carbocycles. The Morgan fingerprint density at radius 1 is 1.21 bits per heavy atom. The van der Waals surface area contributed by atoms with Gasteiger partial charge < -0.3 is 39.3 Å². The number of hydrogen-bond acceptors (Lipinski definition) is 10. The Hall–Kier alpha value is -4.66. The summed E-state index contributed by atoms with van der Waals surface area (Å²) in [5.41, 5.74) is -1.69. The molecule has 4 N–H and O–H groups in total. The van der Waals surface area contributed by atoms with Gasteiger partial charge in [-0.3, -0.25) is 14.6 Å². The van der Waals surface area contributed by atoms with Crippen molar-refractivity contribution in [3.05, 3.63) is 70.9 Å². The van der Waals surface area contributed by atoms with Crippen LogP contribution in [0.1, 0.15) is 84.6 Å². The highest BCUT2D eigenvalue weighted by molar-refractivity contribution is 6.16. The lowest BCUT2D eigenvalue weighted by Gasteiger charge is -2.50. The van der Waals surface area contributed by atoms with Crippen molar-refractivity contribution in [1.82, 2.24) is 9.97 Å². The minimum atomic E-state index is -1.95. The van der Waals surface area contributed by atoms with Crippen LogP contribution in [0.25, 0.3) is 21.8 Å². The number of nitrogens with one attached hydrogen (secondary N) is 1. The predicted molar refractivity (Wildman–Crippen MR) is 215 cm³/mol. The molecule has 4 heterocycles. The Bertz CT molecular complexity index is 2360. The summed E-state index contributed by atoms with van der Waals surface area (Å²) in [5, 5.41) is 36.0. The summed E-state index contributed by atoms with van der Waals surface area (Å²) in [5.74, 6) is 9.64. The fraction of sp³-hybridized carbons (Fsp3) is 0.500. The number of aliphatic hydroxyl groups is 2. The van der Waals surface area contributed by atoms with Crippen molar-refractivity contribution < 1.29 is 48.2 Å². The van der Waals surface area contributed by atoms with E-state index < -0.39 is 59.6 Å². The predicted octanol–water partition coefficient (Wildman–Crippen LogP) is 6.76. The summed E-state index contributed by atoms with van der Waals surface area (Å²) in [6, 6.07) is 6.59. The van der Waals surface area contributed by atoms with Crippen molar-refractivity contribution in [2.75, 3.05) is 6.61 Å². The van der Waals surface area contributed by atoms with Gasteiger partial charge in [-0.1, -0.05) is 51.5 Å². The fourth-order valence-electron chi connectivity index (χ4n) is 8.76. The number of pyridine rings is 1. The van der Waals surface area contributed by atoms with Crippen molar-refractivity contribution in [3.63, 3.8) is 0 Å². The van der Waals surface area contributed by atoms with Gasteiger partial charge in [-0.15, -0.1) is 0 Å². The molecular formula is C46H51FN2O9. The standard InChI is InChI=1S/C46H51FN2O9/c1-8-10-33-38-26(5)35(51)22-46(33,54)17-9-11-29(47)12-15-36(38)57-44-41(58-37-20-25(4)28(23-55-37)19-24(2)3)43(53)45(7,27(6)56-44)42(52)40-39-31(16-18-48-40)32-21-30(50)13-14-34(32)49-39/h10-11,13-14,16,18,21,24-25,27-28,36-37,41,43-44,49-50,53-54H,8,19-20,22-23H2,1-7H3/b29-11+,33-10+/t25?,27?,28?,36-,37?,41?,43?,44?,45?,46-/m0/s1. The van der Waals surface area contributed by atoms with Crippen LogP contribution >= 0.6 is 0 Å². The van der Waals surface area contributed by atoms with E-state index in [-0.39, 0.29) is 40.7 Å². The second-order valence-electron chi connectivity index (χ2n) is 16.7. The normalized spacial score (nSPS) is 34.4. The van der Waals surface area contributed by atoms with E-state index in [4.69, 9.17) is 18.9 Å². The van der Waals surface area contributed by atoms with Crippen LogP contribution in [0.2, 0.25) is 0 Å². The van der Waals surface area contributed by atoms with Gasteiger partial charge in [-0.25, -0.2) is 0 Å². The maximum absolute atomic E-state index is 15.0. The first-order chi connectivity index (χ1) is 27.5. The minimum absolute atomic E-state index is 0.0547. The van der Waals surface area contributed by atoms with E-state index in [1.54, 1.807) is 51.1 Å². The van der Waals surface area contributed by atoms with Crippen LogP contribution < -0.4 is 0 Å². The van der Waals surface area contributed by atoms with Crippen LogP contribution in [0.15, 0.2) is 65.2 Å². The Kier molecular flexibility index (Phi) is 11.6.